The Bertz CT molecular complexity index is 3760. The minimum absolute atomic E-state index is 0.0276. The Morgan fingerprint density at radius 2 is 1.19 bits per heavy atom. The number of phenols is 2. The van der Waals surface area contributed by atoms with E-state index in [2.05, 4.69) is 39.6 Å². The molecule has 376 valence electrons. The summed E-state index contributed by atoms with van der Waals surface area (Å²) >= 11 is 5.79. The van der Waals surface area contributed by atoms with Crippen LogP contribution in [0.5, 0.6) is 17.2 Å². The van der Waals surface area contributed by atoms with Crippen LogP contribution < -0.4 is 4.74 Å². The predicted octanol–water partition coefficient (Wildman–Crippen LogP) is 11.0. The number of carbonyl (C=O) groups excluding carboxylic acids is 4. The van der Waals surface area contributed by atoms with Crippen LogP contribution in [0, 0.1) is 48.0 Å². The highest BCUT2D eigenvalue weighted by Crippen LogP contribution is 2.31. The summed E-state index contributed by atoms with van der Waals surface area (Å²) in [5.41, 5.74) is -2.04. The second-order valence-corrected chi connectivity index (χ2v) is 17.0. The van der Waals surface area contributed by atoms with Crippen molar-refractivity contribution in [3.8, 4) is 17.2 Å². The van der Waals surface area contributed by atoms with Crippen LogP contribution in [0.3, 0.4) is 0 Å². The lowest BCUT2D eigenvalue weighted by atomic mass is 9.92. The lowest BCUT2D eigenvalue weighted by Crippen LogP contribution is -2.28. The number of aromatic hydroxyl groups is 2. The summed E-state index contributed by atoms with van der Waals surface area (Å²) in [5.74, 6) is -12.1. The van der Waals surface area contributed by atoms with Gasteiger partial charge >= 0.3 is 6.16 Å². The smallest absolute Gasteiger partial charge is 0.505 e. The maximum atomic E-state index is 14.8. The van der Waals surface area contributed by atoms with E-state index in [0.29, 0.717) is 11.0 Å². The molecule has 2 unspecified atom stereocenters. The van der Waals surface area contributed by atoms with Gasteiger partial charge in [0.2, 0.25) is 0 Å². The van der Waals surface area contributed by atoms with Crippen LogP contribution in [-0.2, 0) is 4.74 Å². The van der Waals surface area contributed by atoms with Gasteiger partial charge in [0.15, 0.2) is 63.6 Å². The monoisotopic (exact) mass is 1040 g/mol. The van der Waals surface area contributed by atoms with Crippen molar-refractivity contribution in [1.82, 2.24) is 19.9 Å². The van der Waals surface area contributed by atoms with Crippen molar-refractivity contribution in [2.45, 2.75) is 38.5 Å². The minimum Gasteiger partial charge on any atom is -0.505 e. The van der Waals surface area contributed by atoms with Crippen molar-refractivity contribution >= 4 is 75.0 Å². The molecule has 0 radical (unpaired) electrons. The van der Waals surface area contributed by atoms with Gasteiger partial charge in [-0.1, -0.05) is 36.9 Å². The highest BCUT2D eigenvalue weighted by atomic mass is 35.5. The van der Waals surface area contributed by atoms with Crippen molar-refractivity contribution < 1.29 is 65.2 Å². The molecule has 2 aromatic heterocycles. The molecule has 0 bridgehead atoms. The number of aromatic nitrogens is 4. The Morgan fingerprint density at radius 3 is 1.75 bits per heavy atom. The number of carbonyl (C=O) groups is 4. The quantitative estimate of drug-likeness (QED) is 0.0502. The third-order valence-electron chi connectivity index (χ3n) is 10.3. The van der Waals surface area contributed by atoms with E-state index in [-0.39, 0.29) is 50.6 Å². The molecule has 5 aromatic carbocycles. The van der Waals surface area contributed by atoms with Gasteiger partial charge in [-0.05, 0) is 93.6 Å². The fraction of sp³-hybridized carbons (Fsp3) is 0.115. The van der Waals surface area contributed by atoms with E-state index in [1.165, 1.54) is 67.2 Å². The van der Waals surface area contributed by atoms with Crippen molar-refractivity contribution in [1.29, 1.82) is 0 Å². The van der Waals surface area contributed by atoms with Crippen LogP contribution in [-0.4, -0.2) is 83.4 Å². The number of amidine groups is 1. The number of phenolic OH excluding ortho intramolecular Hbond substituents is 2. The molecule has 0 saturated carbocycles. The Labute approximate surface area is 424 Å². The molecular formula is C52H31ClF6N8O8. The normalized spacial score (nSPS) is 14.3. The third-order valence-corrected chi connectivity index (χ3v) is 10.5. The van der Waals surface area contributed by atoms with Gasteiger partial charge in [0.1, 0.15) is 39.8 Å². The van der Waals surface area contributed by atoms with E-state index in [0.717, 1.165) is 36.4 Å². The first-order valence-electron chi connectivity index (χ1n) is 21.4. The largest absolute Gasteiger partial charge is 0.514 e. The Hall–Kier alpha value is -9.67. The Kier molecular flexibility index (Phi) is 15.6. The first-order valence-corrected chi connectivity index (χ1v) is 21.8. The second kappa shape index (κ2) is 22.0. The molecule has 2 atom stereocenters. The Balaban J connectivity index is 0.000000166. The minimum atomic E-state index is -1.32. The SMILES string of the molecule is CC(C)(C)OC(=O)Oc1ccc(F)c(C(=O)c2ccc3ncc(Cl)nc3c2)c1F.[C-]#[N+]C1=NC2C=C(C(=O)c3c(F)ccc(O)c3F)C=CC2N=C1.[C-]#[N+]c1cnc2ccc(C(=O)c3c(F)ccc(O)c3F)cc2n1. The molecule has 23 heteroatoms. The first kappa shape index (κ1) is 53.1. The number of hydrogen-bond donors (Lipinski definition) is 2. The molecule has 0 fully saturated rings. The predicted molar refractivity (Wildman–Crippen MR) is 258 cm³/mol. The van der Waals surface area contributed by atoms with Crippen molar-refractivity contribution in [2.24, 2.45) is 9.98 Å². The molecule has 2 N–H and O–H groups in total. The lowest BCUT2D eigenvalue weighted by Gasteiger charge is -2.19. The van der Waals surface area contributed by atoms with Crippen molar-refractivity contribution in [2.75, 3.05) is 0 Å². The summed E-state index contributed by atoms with van der Waals surface area (Å²) in [6, 6.07) is 12.3. The summed E-state index contributed by atoms with van der Waals surface area (Å²) in [6.45, 7) is 18.6. The number of benzene rings is 5. The van der Waals surface area contributed by atoms with Crippen molar-refractivity contribution in [3.63, 3.8) is 0 Å². The molecular weight excluding hydrogens is 1010 g/mol. The zero-order chi connectivity index (χ0) is 54.5. The number of aliphatic imine (C=N–C) groups is 2. The number of allylic oxidation sites excluding steroid dienone is 2. The average molecular weight is 1050 g/mol. The topological polar surface area (TPSA) is 212 Å². The zero-order valence-electron chi connectivity index (χ0n) is 38.6. The van der Waals surface area contributed by atoms with Gasteiger partial charge in [0.25, 0.3) is 11.7 Å². The summed E-state index contributed by atoms with van der Waals surface area (Å²) in [5, 5.41) is 18.7. The van der Waals surface area contributed by atoms with E-state index < -0.39 is 104 Å². The summed E-state index contributed by atoms with van der Waals surface area (Å²) in [6.07, 6.45) is 7.18. The number of nitrogens with zero attached hydrogens (tertiary/aromatic N) is 8. The molecule has 9 rings (SSSR count). The molecule has 2 aliphatic rings. The number of ether oxygens (including phenoxy) is 2. The van der Waals surface area contributed by atoms with Gasteiger partial charge in [-0.3, -0.25) is 29.3 Å². The van der Waals surface area contributed by atoms with E-state index in [4.69, 9.17) is 34.2 Å². The molecule has 1 aliphatic carbocycles. The van der Waals surface area contributed by atoms with Crippen LogP contribution in [0.25, 0.3) is 31.8 Å². The third kappa shape index (κ3) is 12.0. The van der Waals surface area contributed by atoms with Gasteiger partial charge in [0.05, 0.1) is 40.1 Å². The highest BCUT2D eigenvalue weighted by Gasteiger charge is 2.31. The average Bonchev–Trinajstić information content (AvgIpc) is 3.38. The molecule has 1 aliphatic heterocycles. The number of fused-ring (bicyclic) bond motifs is 3. The van der Waals surface area contributed by atoms with Gasteiger partial charge in [0, 0.05) is 29.0 Å². The van der Waals surface area contributed by atoms with Crippen LogP contribution in [0.2, 0.25) is 5.15 Å². The maximum Gasteiger partial charge on any atom is 0.514 e. The van der Waals surface area contributed by atoms with Crippen LogP contribution in [0.1, 0.15) is 63.0 Å². The molecule has 7 aromatic rings. The molecule has 0 amide bonds. The fourth-order valence-electron chi connectivity index (χ4n) is 6.89. The Morgan fingerprint density at radius 1 is 0.653 bits per heavy atom. The highest BCUT2D eigenvalue weighted by molar-refractivity contribution is 6.34. The van der Waals surface area contributed by atoms with E-state index in [1.54, 1.807) is 26.8 Å². The summed E-state index contributed by atoms with van der Waals surface area (Å²) in [4.78, 5) is 79.8. The molecule has 3 heterocycles. The van der Waals surface area contributed by atoms with Gasteiger partial charge in [-0.25, -0.2) is 36.1 Å². The number of rotatable bonds is 7. The lowest BCUT2D eigenvalue weighted by molar-refractivity contribution is 0.0197. The van der Waals surface area contributed by atoms with Crippen molar-refractivity contribution in [3.05, 3.63) is 200 Å². The van der Waals surface area contributed by atoms with Gasteiger partial charge in [-0.2, -0.15) is 4.99 Å². The van der Waals surface area contributed by atoms with E-state index in [1.807, 2.05) is 0 Å². The zero-order valence-corrected chi connectivity index (χ0v) is 39.4. The first-order chi connectivity index (χ1) is 35.6. The van der Waals surface area contributed by atoms with Crippen LogP contribution in [0.15, 0.2) is 119 Å². The van der Waals surface area contributed by atoms with E-state index >= 15 is 0 Å². The second-order valence-electron chi connectivity index (χ2n) is 16.6. The molecule has 75 heavy (non-hydrogen) atoms. The van der Waals surface area contributed by atoms with Crippen LogP contribution >= 0.6 is 11.6 Å². The van der Waals surface area contributed by atoms with Crippen LogP contribution in [0.4, 0.5) is 37.0 Å². The number of Topliss-reactive ketones (excluding diaryl/α,β-unsaturated/α-hetero) is 1. The van der Waals surface area contributed by atoms with E-state index in [9.17, 15) is 55.7 Å². The molecule has 0 spiro atoms. The number of hydrogen-bond acceptors (Lipinski definition) is 14. The number of ketones is 3. The standard InChI is InChI=1S/C20H15ClF2N2O4.C16H9F2N3O2.C16H7F2N3O2/c1-20(2,3)29-19(27)28-14-7-5-11(22)16(17(14)23)18(26)10-4-6-12-13(8-10)25-15(21)9-24-12;2*1-19-13-7-20-10-4-2-8(6-11(10)21-13)16(23)14-9(17)3-5-12(22)15(14)18/h4-9H,1-3H3;2-7,10-11,22H;2-7,22H. The van der Waals surface area contributed by atoms with Gasteiger partial charge in [-0.15, -0.1) is 4.98 Å². The molecule has 0 saturated heterocycles. The number of halogens is 7. The summed E-state index contributed by atoms with van der Waals surface area (Å²) in [7, 11) is 0. The van der Waals surface area contributed by atoms with Gasteiger partial charge < -0.3 is 29.4 Å². The maximum absolute atomic E-state index is 14.8. The fourth-order valence-corrected chi connectivity index (χ4v) is 7.03. The summed E-state index contributed by atoms with van der Waals surface area (Å²) < 4.78 is 94.0. The molecule has 16 nitrogen and oxygen atoms in total.